The van der Waals surface area contributed by atoms with E-state index in [1.807, 2.05) is 27.7 Å². The van der Waals surface area contributed by atoms with Crippen molar-refractivity contribution < 1.29 is 38.1 Å². The molecule has 0 heterocycles. The second-order valence-electron chi connectivity index (χ2n) is 24.1. The first-order chi connectivity index (χ1) is 28.5. The average Bonchev–Trinajstić information content (AvgIpc) is 4.07. The van der Waals surface area contributed by atoms with Crippen LogP contribution in [0.2, 0.25) is 0 Å². The Hall–Kier alpha value is -2.12. The minimum absolute atomic E-state index is 0.0377. The fourth-order valence-electron chi connectivity index (χ4n) is 16.3. The third-order valence-electron chi connectivity index (χ3n) is 20.2. The molecule has 10 saturated carbocycles. The second-order valence-corrected chi connectivity index (χ2v) is 24.1. The van der Waals surface area contributed by atoms with Crippen molar-refractivity contribution in [3.8, 4) is 0 Å². The van der Waals surface area contributed by atoms with Gasteiger partial charge in [-0.25, -0.2) is 0 Å². The van der Waals surface area contributed by atoms with Crippen LogP contribution in [0.4, 0.5) is 0 Å². The Morgan fingerprint density at radius 1 is 0.500 bits per heavy atom. The molecule has 16 atom stereocenters. The van der Waals surface area contributed by atoms with Crippen LogP contribution >= 0.6 is 0 Å². The maximum absolute atomic E-state index is 13.3. The van der Waals surface area contributed by atoms with Crippen LogP contribution in [0, 0.1) is 93.7 Å². The number of esters is 4. The number of hydrogen-bond acceptors (Lipinski definition) is 8. The van der Waals surface area contributed by atoms with Gasteiger partial charge < -0.3 is 18.9 Å². The minimum Gasteiger partial charge on any atom is -0.462 e. The van der Waals surface area contributed by atoms with E-state index in [1.165, 1.54) is 57.8 Å². The van der Waals surface area contributed by atoms with E-state index in [2.05, 4.69) is 27.7 Å². The van der Waals surface area contributed by atoms with Crippen LogP contribution in [0.3, 0.4) is 0 Å². The molecular weight excluding hydrogens is 753 g/mol. The molecule has 0 N–H and O–H groups in total. The predicted molar refractivity (Wildman–Crippen MR) is 229 cm³/mol. The minimum atomic E-state index is -0.405. The van der Waals surface area contributed by atoms with E-state index >= 15 is 0 Å². The summed E-state index contributed by atoms with van der Waals surface area (Å²) in [7, 11) is 0. The highest BCUT2D eigenvalue weighted by molar-refractivity contribution is 5.77. The smallest absolute Gasteiger partial charge is 0.311 e. The highest BCUT2D eigenvalue weighted by Crippen LogP contribution is 2.71. The summed E-state index contributed by atoms with van der Waals surface area (Å²) in [6.07, 6.45) is 21.8. The number of carbonyl (C=O) groups excluding carboxylic acids is 4. The van der Waals surface area contributed by atoms with Crippen LogP contribution in [0.25, 0.3) is 0 Å². The molecule has 0 saturated heterocycles. The first kappa shape index (κ1) is 43.1. The maximum Gasteiger partial charge on any atom is 0.311 e. The quantitative estimate of drug-likeness (QED) is 0.115. The summed E-state index contributed by atoms with van der Waals surface area (Å²) in [6.45, 7) is 16.4. The molecular formula is C52H80O8. The zero-order valence-electron chi connectivity index (χ0n) is 38.6. The molecule has 8 heteroatoms. The summed E-state index contributed by atoms with van der Waals surface area (Å²) in [5.74, 6) is 7.56. The second kappa shape index (κ2) is 15.8. The third-order valence-corrected chi connectivity index (χ3v) is 20.2. The van der Waals surface area contributed by atoms with Crippen LogP contribution < -0.4 is 0 Å². The number of fused-ring (bicyclic) bond motifs is 18. The molecule has 336 valence electrons. The summed E-state index contributed by atoms with van der Waals surface area (Å²) in [5.41, 5.74) is -1.23. The van der Waals surface area contributed by atoms with Gasteiger partial charge in [-0.1, -0.05) is 27.2 Å². The third kappa shape index (κ3) is 7.30. The summed E-state index contributed by atoms with van der Waals surface area (Å²) in [5, 5.41) is 0. The summed E-state index contributed by atoms with van der Waals surface area (Å²) >= 11 is 0. The van der Waals surface area contributed by atoms with E-state index < -0.39 is 10.8 Å². The van der Waals surface area contributed by atoms with E-state index in [1.54, 1.807) is 0 Å². The molecule has 0 amide bonds. The number of ether oxygens (including phenoxy) is 4. The van der Waals surface area contributed by atoms with Gasteiger partial charge in [0, 0.05) is 0 Å². The highest BCUT2D eigenvalue weighted by atomic mass is 16.6. The van der Waals surface area contributed by atoms with Gasteiger partial charge >= 0.3 is 23.9 Å². The molecule has 0 spiro atoms. The van der Waals surface area contributed by atoms with Crippen molar-refractivity contribution >= 4 is 23.9 Å². The molecule has 8 nitrogen and oxygen atoms in total. The first-order valence-electron chi connectivity index (χ1n) is 25.4. The van der Waals surface area contributed by atoms with Gasteiger partial charge in [-0.05, 0) is 228 Å². The Bertz CT molecular complexity index is 1650. The topological polar surface area (TPSA) is 105 Å². The predicted octanol–water partition coefficient (Wildman–Crippen LogP) is 11.1. The van der Waals surface area contributed by atoms with Gasteiger partial charge in [0.05, 0.1) is 22.7 Å². The Morgan fingerprint density at radius 3 is 1.33 bits per heavy atom. The van der Waals surface area contributed by atoms with Gasteiger partial charge in [0.2, 0.25) is 0 Å². The van der Waals surface area contributed by atoms with Crippen molar-refractivity contribution in [3.63, 3.8) is 0 Å². The molecule has 0 aromatic carbocycles. The molecule has 10 rings (SSSR count). The van der Waals surface area contributed by atoms with Crippen LogP contribution in [0.5, 0.6) is 0 Å². The molecule has 0 aliphatic heterocycles. The highest BCUT2D eigenvalue weighted by Gasteiger charge is 2.68. The number of carbonyl (C=O) groups is 4. The molecule has 0 aromatic heterocycles. The zero-order valence-corrected chi connectivity index (χ0v) is 38.6. The lowest BCUT2D eigenvalue weighted by Gasteiger charge is -2.42. The molecule has 0 radical (unpaired) electrons. The lowest BCUT2D eigenvalue weighted by molar-refractivity contribution is -0.173. The van der Waals surface area contributed by atoms with E-state index in [0.29, 0.717) is 59.2 Å². The normalized spacial score (nSPS) is 43.3. The molecule has 10 fully saturated rings. The van der Waals surface area contributed by atoms with Crippen molar-refractivity contribution in [3.05, 3.63) is 0 Å². The molecule has 60 heavy (non-hydrogen) atoms. The van der Waals surface area contributed by atoms with Crippen molar-refractivity contribution in [1.29, 1.82) is 0 Å². The first-order valence-corrected chi connectivity index (χ1v) is 25.4. The van der Waals surface area contributed by atoms with E-state index in [9.17, 15) is 19.2 Å². The van der Waals surface area contributed by atoms with Crippen LogP contribution in [-0.4, -0.2) is 47.3 Å². The van der Waals surface area contributed by atoms with Gasteiger partial charge in [0.15, 0.2) is 0 Å². The molecule has 16 unspecified atom stereocenters. The van der Waals surface area contributed by atoms with Crippen LogP contribution in [0.15, 0.2) is 0 Å². The standard InChI is InChI=1S/2C26H40O4/c1-5-25(2,3)24(28)29-20-14-16-13-19(20)22-17-11-15(21(16)22)12-18(17)23(27)30-26(4)9-7-6-8-10-26;1-5-25(3,4)24(28)29-20-14-16-13-19(20)22-17-11-15(21(16)22)12-18(17)23(27)30-26(6-2)9-7-8-10-26/h2*15-22H,5-14H2,1-4H3. The van der Waals surface area contributed by atoms with Gasteiger partial charge in [0.25, 0.3) is 0 Å². The SMILES string of the molecule is CCC(C)(C)C(=O)OC1CC2CC1C1C3CC(CC3C(=O)OC3(C)CCCCC3)C21.CCC1(OC(=O)C2CC3CC2C2C4CC(CC4OC(=O)C(C)(C)CC)C32)CCCC1. The fourth-order valence-corrected chi connectivity index (χ4v) is 16.3. The molecule has 8 bridgehead atoms. The summed E-state index contributed by atoms with van der Waals surface area (Å²) in [4.78, 5) is 51.9. The van der Waals surface area contributed by atoms with Gasteiger partial charge in [-0.15, -0.1) is 0 Å². The Kier molecular flexibility index (Phi) is 11.4. The van der Waals surface area contributed by atoms with Crippen molar-refractivity contribution in [2.24, 2.45) is 93.7 Å². The summed E-state index contributed by atoms with van der Waals surface area (Å²) < 4.78 is 24.6. The molecule has 10 aliphatic carbocycles. The number of hydrogen-bond donors (Lipinski definition) is 0. The lowest BCUT2D eigenvalue weighted by atomic mass is 9.66. The van der Waals surface area contributed by atoms with Gasteiger partial charge in [0.1, 0.15) is 23.4 Å². The maximum atomic E-state index is 13.3. The molecule has 10 aliphatic rings. The van der Waals surface area contributed by atoms with Crippen molar-refractivity contribution in [1.82, 2.24) is 0 Å². The van der Waals surface area contributed by atoms with Gasteiger partial charge in [-0.2, -0.15) is 0 Å². The van der Waals surface area contributed by atoms with E-state index in [-0.39, 0.29) is 59.1 Å². The lowest BCUT2D eigenvalue weighted by Crippen LogP contribution is -2.44. The van der Waals surface area contributed by atoms with Crippen LogP contribution in [-0.2, 0) is 38.1 Å². The monoisotopic (exact) mass is 833 g/mol. The Morgan fingerprint density at radius 2 is 0.900 bits per heavy atom. The average molecular weight is 833 g/mol. The van der Waals surface area contributed by atoms with Crippen molar-refractivity contribution in [2.75, 3.05) is 0 Å². The Labute approximate surface area is 361 Å². The van der Waals surface area contributed by atoms with Crippen molar-refractivity contribution in [2.45, 2.75) is 207 Å². The summed E-state index contributed by atoms with van der Waals surface area (Å²) in [6, 6.07) is 0. The largest absolute Gasteiger partial charge is 0.462 e. The number of rotatable bonds is 11. The van der Waals surface area contributed by atoms with Crippen LogP contribution in [0.1, 0.15) is 184 Å². The van der Waals surface area contributed by atoms with Gasteiger partial charge in [-0.3, -0.25) is 19.2 Å². The van der Waals surface area contributed by atoms with E-state index in [4.69, 9.17) is 18.9 Å². The Balaban J connectivity index is 0.000000154. The molecule has 0 aromatic rings. The zero-order chi connectivity index (χ0) is 42.5. The van der Waals surface area contributed by atoms with E-state index in [0.717, 1.165) is 82.5 Å². The fraction of sp³-hybridized carbons (Fsp3) is 0.923.